The van der Waals surface area contributed by atoms with Gasteiger partial charge in [-0.05, 0) is 12.1 Å². The van der Waals surface area contributed by atoms with Crippen molar-refractivity contribution < 1.29 is 23.9 Å². The molecule has 7 nitrogen and oxygen atoms in total. The lowest BCUT2D eigenvalue weighted by Crippen LogP contribution is -2.41. The van der Waals surface area contributed by atoms with Crippen LogP contribution in [-0.4, -0.2) is 36.8 Å². The smallest absolute Gasteiger partial charge is 0.321 e. The van der Waals surface area contributed by atoms with Crippen LogP contribution in [0.2, 0.25) is 4.34 Å². The number of ketones is 1. The van der Waals surface area contributed by atoms with E-state index in [2.05, 4.69) is 16.6 Å². The number of carbonyl (C=O) groups excluding carboxylic acids is 4. The van der Waals surface area contributed by atoms with Crippen LogP contribution in [0.4, 0.5) is 4.79 Å². The summed E-state index contributed by atoms with van der Waals surface area (Å²) in [5.74, 6) is -1.70. The van der Waals surface area contributed by atoms with E-state index in [9.17, 15) is 19.2 Å². The lowest BCUT2D eigenvalue weighted by Gasteiger charge is -2.06. The number of urea groups is 1. The molecule has 1 heterocycles. The Bertz CT molecular complexity index is 614. The fraction of sp³-hybridized carbons (Fsp3) is 0.286. The van der Waals surface area contributed by atoms with Gasteiger partial charge in [0.15, 0.2) is 12.4 Å². The quantitative estimate of drug-likeness (QED) is 0.420. The Balaban J connectivity index is 2.23. The number of carbonyl (C=O) groups is 4. The van der Waals surface area contributed by atoms with Crippen molar-refractivity contribution in [1.82, 2.24) is 10.6 Å². The van der Waals surface area contributed by atoms with E-state index < -0.39 is 24.5 Å². The van der Waals surface area contributed by atoms with Crippen LogP contribution in [0.5, 0.6) is 0 Å². The highest BCUT2D eigenvalue weighted by Crippen LogP contribution is 2.22. The Hall–Kier alpha value is -2.19. The number of esters is 1. The van der Waals surface area contributed by atoms with E-state index in [-0.39, 0.29) is 25.2 Å². The fourth-order valence-electron chi connectivity index (χ4n) is 1.39. The van der Waals surface area contributed by atoms with Crippen LogP contribution in [0.15, 0.2) is 24.8 Å². The molecule has 0 saturated carbocycles. The van der Waals surface area contributed by atoms with Crippen LogP contribution >= 0.6 is 22.9 Å². The summed E-state index contributed by atoms with van der Waals surface area (Å²) in [7, 11) is 0. The second kappa shape index (κ2) is 9.75. The van der Waals surface area contributed by atoms with Gasteiger partial charge in [0.1, 0.15) is 0 Å². The fourth-order valence-corrected chi connectivity index (χ4v) is 2.40. The van der Waals surface area contributed by atoms with Crippen molar-refractivity contribution in [2.75, 3.05) is 13.2 Å². The summed E-state index contributed by atoms with van der Waals surface area (Å²) in [6, 6.07) is 2.46. The van der Waals surface area contributed by atoms with Crippen LogP contribution in [0.25, 0.3) is 0 Å². The summed E-state index contributed by atoms with van der Waals surface area (Å²) in [6.45, 7) is 3.00. The normalized spacial score (nSPS) is 9.78. The van der Waals surface area contributed by atoms with Gasteiger partial charge >= 0.3 is 12.0 Å². The van der Waals surface area contributed by atoms with Crippen molar-refractivity contribution in [3.8, 4) is 0 Å². The topological polar surface area (TPSA) is 102 Å². The molecule has 0 aliphatic rings. The predicted octanol–water partition coefficient (Wildman–Crippen LogP) is 1.92. The first kappa shape index (κ1) is 18.9. The zero-order valence-corrected chi connectivity index (χ0v) is 13.7. The number of rotatable bonds is 8. The van der Waals surface area contributed by atoms with Crippen LogP contribution < -0.4 is 10.6 Å². The van der Waals surface area contributed by atoms with Crippen molar-refractivity contribution in [1.29, 1.82) is 0 Å². The molecule has 23 heavy (non-hydrogen) atoms. The van der Waals surface area contributed by atoms with Gasteiger partial charge in [-0.25, -0.2) is 4.79 Å². The molecule has 2 N–H and O–H groups in total. The number of imide groups is 1. The summed E-state index contributed by atoms with van der Waals surface area (Å²) < 4.78 is 5.16. The summed E-state index contributed by atoms with van der Waals surface area (Å²) >= 11 is 6.84. The molecule has 0 aromatic carbocycles. The third-order valence-electron chi connectivity index (χ3n) is 2.43. The zero-order valence-electron chi connectivity index (χ0n) is 12.1. The van der Waals surface area contributed by atoms with Gasteiger partial charge in [0, 0.05) is 13.0 Å². The maximum absolute atomic E-state index is 11.8. The molecule has 0 aliphatic carbocycles. The Labute approximate surface area is 141 Å². The molecule has 1 aromatic heterocycles. The molecular formula is C14H15ClN2O5S. The summed E-state index contributed by atoms with van der Waals surface area (Å²) in [5.41, 5.74) is 0. The monoisotopic (exact) mass is 358 g/mol. The number of hydrogen-bond acceptors (Lipinski definition) is 6. The molecule has 0 radical (unpaired) electrons. The Morgan fingerprint density at radius 3 is 2.61 bits per heavy atom. The second-order valence-corrected chi connectivity index (χ2v) is 5.95. The van der Waals surface area contributed by atoms with Gasteiger partial charge in [0.2, 0.25) is 0 Å². The SMILES string of the molecule is C=CCNC(=O)NC(=O)COC(=O)CCC(=O)c1ccc(Cl)s1. The molecule has 0 fully saturated rings. The van der Waals surface area contributed by atoms with E-state index >= 15 is 0 Å². The van der Waals surface area contributed by atoms with Gasteiger partial charge in [-0.3, -0.25) is 19.7 Å². The van der Waals surface area contributed by atoms with Gasteiger partial charge in [-0.2, -0.15) is 0 Å². The van der Waals surface area contributed by atoms with Gasteiger partial charge in [0.05, 0.1) is 15.6 Å². The minimum absolute atomic E-state index is 0.0445. The average Bonchev–Trinajstić information content (AvgIpc) is 2.95. The second-order valence-electron chi connectivity index (χ2n) is 4.23. The standard InChI is InChI=1S/C14H15ClN2O5S/c1-2-7-16-14(21)17-12(19)8-22-13(20)6-3-9(18)10-4-5-11(15)23-10/h2,4-5H,1,3,6-8H2,(H2,16,17,19,21). The largest absolute Gasteiger partial charge is 0.456 e. The lowest BCUT2D eigenvalue weighted by atomic mass is 10.2. The van der Waals surface area contributed by atoms with E-state index in [1.165, 1.54) is 6.08 Å². The molecule has 9 heteroatoms. The van der Waals surface area contributed by atoms with Crippen LogP contribution in [0.3, 0.4) is 0 Å². The molecule has 0 aliphatic heterocycles. The molecule has 0 atom stereocenters. The average molecular weight is 359 g/mol. The van der Waals surface area contributed by atoms with Crippen LogP contribution in [0, 0.1) is 0 Å². The van der Waals surface area contributed by atoms with E-state index in [1.54, 1.807) is 12.1 Å². The third kappa shape index (κ3) is 7.57. The molecule has 1 aromatic rings. The van der Waals surface area contributed by atoms with E-state index in [0.29, 0.717) is 9.21 Å². The first-order chi connectivity index (χ1) is 10.9. The van der Waals surface area contributed by atoms with Crippen molar-refractivity contribution in [3.05, 3.63) is 34.0 Å². The van der Waals surface area contributed by atoms with Crippen molar-refractivity contribution in [2.24, 2.45) is 0 Å². The number of hydrogen-bond donors (Lipinski definition) is 2. The van der Waals surface area contributed by atoms with Crippen molar-refractivity contribution >= 4 is 46.6 Å². The number of nitrogens with one attached hydrogen (secondary N) is 2. The Kier molecular flexibility index (Phi) is 8.00. The summed E-state index contributed by atoms with van der Waals surface area (Å²) in [5, 5.41) is 4.30. The first-order valence-corrected chi connectivity index (χ1v) is 7.74. The molecular weight excluding hydrogens is 344 g/mol. The number of halogens is 1. The molecule has 0 spiro atoms. The van der Waals surface area contributed by atoms with Gasteiger partial charge in [0.25, 0.3) is 5.91 Å². The maximum Gasteiger partial charge on any atom is 0.321 e. The minimum atomic E-state index is -0.767. The third-order valence-corrected chi connectivity index (χ3v) is 3.70. The Morgan fingerprint density at radius 1 is 1.26 bits per heavy atom. The molecule has 0 saturated heterocycles. The number of amides is 3. The lowest BCUT2D eigenvalue weighted by molar-refractivity contribution is -0.148. The molecule has 124 valence electrons. The van der Waals surface area contributed by atoms with Gasteiger partial charge in [-0.15, -0.1) is 17.9 Å². The predicted molar refractivity (Wildman–Crippen MR) is 85.6 cm³/mol. The van der Waals surface area contributed by atoms with Gasteiger partial charge in [-0.1, -0.05) is 17.7 Å². The minimum Gasteiger partial charge on any atom is -0.456 e. The number of ether oxygens (including phenoxy) is 1. The van der Waals surface area contributed by atoms with E-state index in [1.807, 2.05) is 5.32 Å². The summed E-state index contributed by atoms with van der Waals surface area (Å²) in [6.07, 6.45) is 1.24. The maximum atomic E-state index is 11.8. The molecule has 0 unspecified atom stereocenters. The number of thiophene rings is 1. The van der Waals surface area contributed by atoms with Gasteiger partial charge < -0.3 is 10.1 Å². The van der Waals surface area contributed by atoms with Crippen molar-refractivity contribution in [2.45, 2.75) is 12.8 Å². The molecule has 0 bridgehead atoms. The molecule has 1 rings (SSSR count). The molecule has 3 amide bonds. The Morgan fingerprint density at radius 2 is 2.00 bits per heavy atom. The number of Topliss-reactive ketones (excluding diaryl/α,β-unsaturated/α-hetero) is 1. The zero-order chi connectivity index (χ0) is 17.2. The highest BCUT2D eigenvalue weighted by Gasteiger charge is 2.14. The highest BCUT2D eigenvalue weighted by molar-refractivity contribution is 7.18. The van der Waals surface area contributed by atoms with Crippen LogP contribution in [0.1, 0.15) is 22.5 Å². The van der Waals surface area contributed by atoms with Crippen molar-refractivity contribution in [3.63, 3.8) is 0 Å². The van der Waals surface area contributed by atoms with Crippen LogP contribution in [-0.2, 0) is 14.3 Å². The highest BCUT2D eigenvalue weighted by atomic mass is 35.5. The van der Waals surface area contributed by atoms with E-state index in [4.69, 9.17) is 11.6 Å². The first-order valence-electron chi connectivity index (χ1n) is 6.55. The summed E-state index contributed by atoms with van der Waals surface area (Å²) in [4.78, 5) is 46.1. The van der Waals surface area contributed by atoms with E-state index in [0.717, 1.165) is 11.3 Å².